The molecule has 0 N–H and O–H groups in total. The van der Waals surface area contributed by atoms with Gasteiger partial charge < -0.3 is 4.90 Å². The number of hydrogen-bond acceptors (Lipinski definition) is 2. The zero-order chi connectivity index (χ0) is 9.10. The van der Waals surface area contributed by atoms with E-state index < -0.39 is 0 Å². The lowest BCUT2D eigenvalue weighted by Gasteiger charge is -2.16. The van der Waals surface area contributed by atoms with Crippen molar-refractivity contribution in [1.29, 1.82) is 0 Å². The highest BCUT2D eigenvalue weighted by Gasteiger charge is 2.12. The molecule has 2 nitrogen and oxygen atoms in total. The lowest BCUT2D eigenvalue weighted by molar-refractivity contribution is 0.914. The van der Waals surface area contributed by atoms with E-state index in [1.165, 1.54) is 31.6 Å². The molecule has 70 valence electrons. The third-order valence-corrected chi connectivity index (χ3v) is 2.58. The molecule has 1 aromatic heterocycles. The maximum absolute atomic E-state index is 4.60. The Kier molecular flexibility index (Phi) is 2.48. The Balaban J connectivity index is 2.18. The number of nitrogens with zero attached hydrogens (tertiary/aromatic N) is 2. The van der Waals surface area contributed by atoms with E-state index in [0.29, 0.717) is 0 Å². The number of anilines is 1. The summed E-state index contributed by atoms with van der Waals surface area (Å²) in [5, 5.41) is 0. The lowest BCUT2D eigenvalue weighted by atomic mass is 10.3. The minimum atomic E-state index is 1.03. The maximum atomic E-state index is 4.60. The van der Waals surface area contributed by atoms with E-state index in [9.17, 15) is 0 Å². The maximum Gasteiger partial charge on any atom is 0.128 e. The summed E-state index contributed by atoms with van der Waals surface area (Å²) >= 11 is 0. The van der Waals surface area contributed by atoms with Gasteiger partial charge in [-0.05, 0) is 31.4 Å². The Morgan fingerprint density at radius 2 is 2.08 bits per heavy atom. The van der Waals surface area contributed by atoms with E-state index in [0.717, 1.165) is 12.2 Å². The van der Waals surface area contributed by atoms with Crippen molar-refractivity contribution in [2.75, 3.05) is 18.0 Å². The second-order valence-electron chi connectivity index (χ2n) is 3.53. The van der Waals surface area contributed by atoms with Crippen LogP contribution in [-0.4, -0.2) is 18.1 Å². The Hall–Kier alpha value is -1.05. The second kappa shape index (κ2) is 3.77. The SMILES string of the molecule is CCc1cccc(N2CCCC2)n1. The van der Waals surface area contributed by atoms with Crippen LogP contribution in [0.3, 0.4) is 0 Å². The Morgan fingerprint density at radius 3 is 2.77 bits per heavy atom. The molecule has 0 unspecified atom stereocenters. The van der Waals surface area contributed by atoms with Gasteiger partial charge in [-0.3, -0.25) is 0 Å². The van der Waals surface area contributed by atoms with Gasteiger partial charge in [0.25, 0.3) is 0 Å². The van der Waals surface area contributed by atoms with Crippen LogP contribution in [0.25, 0.3) is 0 Å². The smallest absolute Gasteiger partial charge is 0.128 e. The third-order valence-electron chi connectivity index (χ3n) is 2.58. The molecule has 0 amide bonds. The highest BCUT2D eigenvalue weighted by molar-refractivity contribution is 5.40. The molecule has 0 aliphatic carbocycles. The molecule has 1 fully saturated rings. The van der Waals surface area contributed by atoms with Crippen LogP contribution < -0.4 is 4.90 Å². The highest BCUT2D eigenvalue weighted by Crippen LogP contribution is 2.17. The summed E-state index contributed by atoms with van der Waals surface area (Å²) in [6.45, 7) is 4.51. The molecule has 2 rings (SSSR count). The molecule has 1 aromatic rings. The molecule has 1 aliphatic rings. The first kappa shape index (κ1) is 8.54. The van der Waals surface area contributed by atoms with Crippen molar-refractivity contribution in [2.45, 2.75) is 26.2 Å². The largest absolute Gasteiger partial charge is 0.357 e. The molecule has 0 atom stereocenters. The van der Waals surface area contributed by atoms with Crippen molar-refractivity contribution in [3.63, 3.8) is 0 Å². The van der Waals surface area contributed by atoms with Crippen LogP contribution in [0.4, 0.5) is 5.82 Å². The van der Waals surface area contributed by atoms with Gasteiger partial charge in [-0.25, -0.2) is 4.98 Å². The number of rotatable bonds is 2. The number of hydrogen-bond donors (Lipinski definition) is 0. The average Bonchev–Trinajstić information content (AvgIpc) is 2.71. The van der Waals surface area contributed by atoms with E-state index in [1.807, 2.05) is 0 Å². The fourth-order valence-corrected chi connectivity index (χ4v) is 1.79. The summed E-state index contributed by atoms with van der Waals surface area (Å²) in [5.74, 6) is 1.16. The van der Waals surface area contributed by atoms with Crippen LogP contribution in [-0.2, 0) is 6.42 Å². The van der Waals surface area contributed by atoms with E-state index in [-0.39, 0.29) is 0 Å². The molecule has 1 aliphatic heterocycles. The number of pyridine rings is 1. The lowest BCUT2D eigenvalue weighted by Crippen LogP contribution is -2.19. The third kappa shape index (κ3) is 1.82. The molecule has 2 heterocycles. The van der Waals surface area contributed by atoms with Crippen molar-refractivity contribution >= 4 is 5.82 Å². The van der Waals surface area contributed by atoms with Gasteiger partial charge in [-0.1, -0.05) is 13.0 Å². The highest BCUT2D eigenvalue weighted by atomic mass is 15.2. The fourth-order valence-electron chi connectivity index (χ4n) is 1.79. The Bertz CT molecular complexity index is 277. The Morgan fingerprint density at radius 1 is 1.31 bits per heavy atom. The molecule has 0 spiro atoms. The molecule has 2 heteroatoms. The minimum Gasteiger partial charge on any atom is -0.357 e. The summed E-state index contributed by atoms with van der Waals surface area (Å²) in [4.78, 5) is 6.97. The molecule has 13 heavy (non-hydrogen) atoms. The Labute approximate surface area is 79.6 Å². The quantitative estimate of drug-likeness (QED) is 0.687. The van der Waals surface area contributed by atoms with Gasteiger partial charge in [-0.15, -0.1) is 0 Å². The van der Waals surface area contributed by atoms with Crippen LogP contribution in [0.15, 0.2) is 18.2 Å². The summed E-state index contributed by atoms with van der Waals surface area (Å²) in [7, 11) is 0. The molecular formula is C11H16N2. The molecular weight excluding hydrogens is 160 g/mol. The number of aromatic nitrogens is 1. The van der Waals surface area contributed by atoms with Crippen molar-refractivity contribution < 1.29 is 0 Å². The van der Waals surface area contributed by atoms with Gasteiger partial charge in [0.2, 0.25) is 0 Å². The minimum absolute atomic E-state index is 1.03. The topological polar surface area (TPSA) is 16.1 Å². The first-order valence-electron chi connectivity index (χ1n) is 5.11. The van der Waals surface area contributed by atoms with Crippen LogP contribution in [0, 0.1) is 0 Å². The van der Waals surface area contributed by atoms with Gasteiger partial charge in [0.1, 0.15) is 5.82 Å². The van der Waals surface area contributed by atoms with Crippen LogP contribution >= 0.6 is 0 Å². The van der Waals surface area contributed by atoms with E-state index in [1.54, 1.807) is 0 Å². The zero-order valence-corrected chi connectivity index (χ0v) is 8.16. The summed E-state index contributed by atoms with van der Waals surface area (Å²) in [5.41, 5.74) is 1.20. The fraction of sp³-hybridized carbons (Fsp3) is 0.545. The molecule has 1 saturated heterocycles. The van der Waals surface area contributed by atoms with Gasteiger partial charge >= 0.3 is 0 Å². The summed E-state index contributed by atoms with van der Waals surface area (Å²) in [6, 6.07) is 6.32. The van der Waals surface area contributed by atoms with Gasteiger partial charge in [0.05, 0.1) is 0 Å². The van der Waals surface area contributed by atoms with Gasteiger partial charge in [-0.2, -0.15) is 0 Å². The predicted octanol–water partition coefficient (Wildman–Crippen LogP) is 2.24. The molecule has 0 bridgehead atoms. The summed E-state index contributed by atoms with van der Waals surface area (Å²) < 4.78 is 0. The van der Waals surface area contributed by atoms with Crippen LogP contribution in [0.5, 0.6) is 0 Å². The molecule has 0 radical (unpaired) electrons. The van der Waals surface area contributed by atoms with Crippen molar-refractivity contribution in [2.24, 2.45) is 0 Å². The first-order valence-corrected chi connectivity index (χ1v) is 5.11. The van der Waals surface area contributed by atoms with E-state index >= 15 is 0 Å². The first-order chi connectivity index (χ1) is 6.40. The zero-order valence-electron chi connectivity index (χ0n) is 8.16. The monoisotopic (exact) mass is 176 g/mol. The van der Waals surface area contributed by atoms with Crippen molar-refractivity contribution in [3.05, 3.63) is 23.9 Å². The van der Waals surface area contributed by atoms with Gasteiger partial charge in [0.15, 0.2) is 0 Å². The van der Waals surface area contributed by atoms with Crippen molar-refractivity contribution in [1.82, 2.24) is 4.98 Å². The van der Waals surface area contributed by atoms with Crippen LogP contribution in [0.2, 0.25) is 0 Å². The predicted molar refractivity (Wildman–Crippen MR) is 55.1 cm³/mol. The number of aryl methyl sites for hydroxylation is 1. The van der Waals surface area contributed by atoms with Gasteiger partial charge in [0, 0.05) is 18.8 Å². The van der Waals surface area contributed by atoms with E-state index in [2.05, 4.69) is 35.0 Å². The molecule has 0 aromatic carbocycles. The van der Waals surface area contributed by atoms with Crippen molar-refractivity contribution in [3.8, 4) is 0 Å². The average molecular weight is 176 g/mol. The molecule has 0 saturated carbocycles. The standard InChI is InChI=1S/C11H16N2/c1-2-10-6-5-7-11(12-10)13-8-3-4-9-13/h5-7H,2-4,8-9H2,1H3. The summed E-state index contributed by atoms with van der Waals surface area (Å²) in [6.07, 6.45) is 3.66. The van der Waals surface area contributed by atoms with E-state index in [4.69, 9.17) is 0 Å². The van der Waals surface area contributed by atoms with Crippen LogP contribution in [0.1, 0.15) is 25.5 Å². The normalized spacial score (nSPS) is 16.5. The second-order valence-corrected chi connectivity index (χ2v) is 3.53.